The van der Waals surface area contributed by atoms with Crippen molar-refractivity contribution in [2.75, 3.05) is 0 Å². The summed E-state index contributed by atoms with van der Waals surface area (Å²) >= 11 is 0. The number of nitrogens with zero attached hydrogens (tertiary/aromatic N) is 2. The second-order valence-corrected chi connectivity index (χ2v) is 8.55. The van der Waals surface area contributed by atoms with E-state index in [0.717, 1.165) is 4.68 Å². The molecule has 0 spiro atoms. The zero-order valence-corrected chi connectivity index (χ0v) is 16.3. The summed E-state index contributed by atoms with van der Waals surface area (Å²) in [6.45, 7) is -0.499. The van der Waals surface area contributed by atoms with Crippen LogP contribution in [0.15, 0.2) is 29.3 Å². The van der Waals surface area contributed by atoms with E-state index in [1.807, 2.05) is 4.72 Å². The Morgan fingerprint density at radius 2 is 1.87 bits per heavy atom. The first kappa shape index (κ1) is 23.1. The molecule has 1 aliphatic rings. The van der Waals surface area contributed by atoms with E-state index in [2.05, 4.69) is 5.10 Å². The molecule has 2 N–H and O–H groups in total. The van der Waals surface area contributed by atoms with E-state index in [0.29, 0.717) is 18.5 Å². The van der Waals surface area contributed by atoms with E-state index in [4.69, 9.17) is 5.11 Å². The summed E-state index contributed by atoms with van der Waals surface area (Å²) in [7, 11) is -5.04. The molecule has 31 heavy (non-hydrogen) atoms. The molecule has 0 saturated heterocycles. The zero-order valence-electron chi connectivity index (χ0n) is 15.5. The molecule has 0 amide bonds. The van der Waals surface area contributed by atoms with Crippen LogP contribution >= 0.6 is 0 Å². The smallest absolute Gasteiger partial charge is 0.417 e. The first-order chi connectivity index (χ1) is 14.2. The molecule has 170 valence electrons. The number of rotatable bonds is 5. The number of nitrogens with one attached hydrogen (secondary N) is 1. The van der Waals surface area contributed by atoms with E-state index < -0.39 is 57.0 Å². The number of aliphatic carboxylic acids is 1. The van der Waals surface area contributed by atoms with Crippen molar-refractivity contribution in [3.8, 4) is 0 Å². The Hall–Kier alpha value is -2.61. The summed E-state index contributed by atoms with van der Waals surface area (Å²) in [5.41, 5.74) is -2.62. The lowest BCUT2D eigenvalue weighted by Gasteiger charge is -2.25. The number of carboxylic acid groups (broad SMARTS) is 1. The predicted octanol–water partition coefficient (Wildman–Crippen LogP) is 3.36. The summed E-state index contributed by atoms with van der Waals surface area (Å²) in [5, 5.41) is 12.8. The van der Waals surface area contributed by atoms with Gasteiger partial charge in [-0.2, -0.15) is 31.4 Å². The molecular formula is C17H15F6N3O4S. The number of hydrogen-bond acceptors (Lipinski definition) is 4. The molecule has 1 aliphatic carbocycles. The number of aromatic nitrogens is 2. The summed E-state index contributed by atoms with van der Waals surface area (Å²) in [6, 6.07) is -0.889. The topological polar surface area (TPSA) is 101 Å². The molecule has 0 saturated carbocycles. The van der Waals surface area contributed by atoms with Gasteiger partial charge in [0, 0.05) is 11.3 Å². The highest BCUT2D eigenvalue weighted by atomic mass is 32.2. The lowest BCUT2D eigenvalue weighted by molar-refractivity contribution is -0.143. The van der Waals surface area contributed by atoms with Gasteiger partial charge in [-0.3, -0.25) is 9.48 Å². The minimum absolute atomic E-state index is 0.0528. The molecule has 7 nitrogen and oxygen atoms in total. The number of fused-ring (bicyclic) bond motifs is 1. The third kappa shape index (κ3) is 4.84. The van der Waals surface area contributed by atoms with Crippen molar-refractivity contribution in [1.82, 2.24) is 14.5 Å². The minimum Gasteiger partial charge on any atom is -0.480 e. The SMILES string of the molecule is O=C(O)Cn1ncc2c1CCCC2NS(=O)(=O)c1cc(C(F)(F)F)ccc1C(F)(F)F. The van der Waals surface area contributed by atoms with Crippen LogP contribution in [0.2, 0.25) is 0 Å². The van der Waals surface area contributed by atoms with Crippen molar-refractivity contribution < 1.29 is 44.7 Å². The summed E-state index contributed by atoms with van der Waals surface area (Å²) in [5.74, 6) is -1.20. The van der Waals surface area contributed by atoms with Crippen molar-refractivity contribution in [2.45, 2.75) is 49.1 Å². The largest absolute Gasteiger partial charge is 0.480 e. The van der Waals surface area contributed by atoms with Gasteiger partial charge in [0.1, 0.15) is 6.54 Å². The molecule has 1 aromatic heterocycles. The van der Waals surface area contributed by atoms with Crippen molar-refractivity contribution in [3.05, 3.63) is 46.8 Å². The van der Waals surface area contributed by atoms with Gasteiger partial charge in [-0.25, -0.2) is 13.1 Å². The van der Waals surface area contributed by atoms with Gasteiger partial charge in [0.05, 0.1) is 28.3 Å². The van der Waals surface area contributed by atoms with E-state index in [-0.39, 0.29) is 30.2 Å². The number of halogens is 6. The molecule has 3 rings (SSSR count). The van der Waals surface area contributed by atoms with Crippen molar-refractivity contribution in [2.24, 2.45) is 0 Å². The molecule has 14 heteroatoms. The van der Waals surface area contributed by atoms with Crippen LogP contribution in [0.1, 0.15) is 41.3 Å². The number of sulfonamides is 1. The first-order valence-corrected chi connectivity index (χ1v) is 10.3. The Labute approximate surface area is 171 Å². The fraction of sp³-hybridized carbons (Fsp3) is 0.412. The van der Waals surface area contributed by atoms with Gasteiger partial charge in [-0.1, -0.05) is 0 Å². The van der Waals surface area contributed by atoms with Gasteiger partial charge < -0.3 is 5.11 Å². The maximum absolute atomic E-state index is 13.3. The van der Waals surface area contributed by atoms with Gasteiger partial charge in [0.15, 0.2) is 0 Å². The van der Waals surface area contributed by atoms with Gasteiger partial charge >= 0.3 is 18.3 Å². The Morgan fingerprint density at radius 3 is 2.45 bits per heavy atom. The Bertz CT molecular complexity index is 1110. The quantitative estimate of drug-likeness (QED) is 0.652. The number of hydrogen-bond donors (Lipinski definition) is 2. The van der Waals surface area contributed by atoms with Crippen LogP contribution in [-0.2, 0) is 40.1 Å². The molecule has 0 bridgehead atoms. The van der Waals surface area contributed by atoms with Gasteiger partial charge in [0.2, 0.25) is 10.0 Å². The highest BCUT2D eigenvalue weighted by Gasteiger charge is 2.41. The Kier molecular flexibility index (Phi) is 5.82. The maximum atomic E-state index is 13.3. The number of carbonyl (C=O) groups is 1. The summed E-state index contributed by atoms with van der Waals surface area (Å²) < 4.78 is 108. The molecule has 0 aliphatic heterocycles. The fourth-order valence-corrected chi connectivity index (χ4v) is 4.91. The van der Waals surface area contributed by atoms with Crippen molar-refractivity contribution in [1.29, 1.82) is 0 Å². The molecule has 2 aromatic rings. The van der Waals surface area contributed by atoms with Crippen LogP contribution in [0.25, 0.3) is 0 Å². The third-order valence-electron chi connectivity index (χ3n) is 4.75. The zero-order chi connectivity index (χ0) is 23.2. The molecular weight excluding hydrogens is 456 g/mol. The maximum Gasteiger partial charge on any atom is 0.417 e. The van der Waals surface area contributed by atoms with Crippen LogP contribution in [0.3, 0.4) is 0 Å². The Morgan fingerprint density at radius 1 is 1.19 bits per heavy atom. The third-order valence-corrected chi connectivity index (χ3v) is 6.26. The second-order valence-electron chi connectivity index (χ2n) is 6.87. The minimum atomic E-state index is -5.21. The second kappa shape index (κ2) is 7.82. The van der Waals surface area contributed by atoms with E-state index in [1.165, 1.54) is 6.20 Å². The number of carboxylic acids is 1. The Balaban J connectivity index is 2.02. The lowest BCUT2D eigenvalue weighted by atomic mass is 9.94. The van der Waals surface area contributed by atoms with Gasteiger partial charge in [-0.15, -0.1) is 0 Å². The average Bonchev–Trinajstić information content (AvgIpc) is 3.03. The monoisotopic (exact) mass is 471 g/mol. The average molecular weight is 471 g/mol. The van der Waals surface area contributed by atoms with E-state index >= 15 is 0 Å². The molecule has 1 aromatic carbocycles. The lowest BCUT2D eigenvalue weighted by Crippen LogP contribution is -2.32. The highest BCUT2D eigenvalue weighted by Crippen LogP contribution is 2.39. The predicted molar refractivity (Wildman–Crippen MR) is 92.3 cm³/mol. The molecule has 1 unspecified atom stereocenters. The van der Waals surface area contributed by atoms with Crippen LogP contribution in [0.5, 0.6) is 0 Å². The number of benzene rings is 1. The van der Waals surface area contributed by atoms with Crippen LogP contribution in [0, 0.1) is 0 Å². The molecule has 0 radical (unpaired) electrons. The standard InChI is InChI=1S/C17H15F6N3O4S/c18-16(19,20)9-4-5-11(17(21,22)23)14(6-9)31(29,30)25-12-2-1-3-13-10(12)7-24-26(13)8-15(27)28/h4-7,12,25H,1-3,8H2,(H,27,28). The van der Waals surface area contributed by atoms with Crippen LogP contribution in [0.4, 0.5) is 26.3 Å². The normalized spacial score (nSPS) is 17.4. The molecule has 1 heterocycles. The van der Waals surface area contributed by atoms with Crippen LogP contribution < -0.4 is 4.72 Å². The highest BCUT2D eigenvalue weighted by molar-refractivity contribution is 7.89. The first-order valence-electron chi connectivity index (χ1n) is 8.77. The summed E-state index contributed by atoms with van der Waals surface area (Å²) in [4.78, 5) is 9.38. The number of alkyl halides is 6. The van der Waals surface area contributed by atoms with E-state index in [1.54, 1.807) is 0 Å². The van der Waals surface area contributed by atoms with Crippen molar-refractivity contribution in [3.63, 3.8) is 0 Å². The molecule has 1 atom stereocenters. The van der Waals surface area contributed by atoms with E-state index in [9.17, 15) is 39.6 Å². The van der Waals surface area contributed by atoms with Crippen LogP contribution in [-0.4, -0.2) is 29.3 Å². The van der Waals surface area contributed by atoms with Gasteiger partial charge in [-0.05, 0) is 37.5 Å². The van der Waals surface area contributed by atoms with Gasteiger partial charge in [0.25, 0.3) is 0 Å². The summed E-state index contributed by atoms with van der Waals surface area (Å²) in [6.07, 6.45) is -8.20. The van der Waals surface area contributed by atoms with Crippen molar-refractivity contribution >= 4 is 16.0 Å². The molecule has 0 fully saturated rings. The fourth-order valence-electron chi connectivity index (χ4n) is 3.41.